The first-order chi connectivity index (χ1) is 17.5. The van der Waals surface area contributed by atoms with E-state index in [1.807, 2.05) is 42.5 Å². The van der Waals surface area contributed by atoms with E-state index in [1.54, 1.807) is 42.1 Å². The van der Waals surface area contributed by atoms with E-state index in [-0.39, 0.29) is 35.1 Å². The summed E-state index contributed by atoms with van der Waals surface area (Å²) in [6.07, 6.45) is 1.63. The fraction of sp³-hybridized carbons (Fsp3) is 0.111. The zero-order valence-corrected chi connectivity index (χ0v) is 20.1. The topological polar surface area (TPSA) is 101 Å². The number of carbonyl (C=O) groups is 1. The standard InChI is InChI=1S/C27H22ClN5O3/c1-36-19-11-9-17(10-12-19)15-30-26(34)20-14-21-25(31-23-8-4-5-13-32(23)27(21)35)33(24(20)29)16-18-6-2-3-7-22(18)28/h2-14,29H,15-16H2,1H3,(H,30,34). The van der Waals surface area contributed by atoms with E-state index in [0.29, 0.717) is 22.1 Å². The van der Waals surface area contributed by atoms with Gasteiger partial charge in [-0.3, -0.25) is 19.4 Å². The highest BCUT2D eigenvalue weighted by atomic mass is 35.5. The highest BCUT2D eigenvalue weighted by Crippen LogP contribution is 2.18. The Morgan fingerprint density at radius 3 is 2.58 bits per heavy atom. The first-order valence-electron chi connectivity index (χ1n) is 11.2. The Bertz CT molecular complexity index is 1720. The molecule has 3 aromatic heterocycles. The third-order valence-corrected chi connectivity index (χ3v) is 6.33. The molecule has 0 unspecified atom stereocenters. The van der Waals surface area contributed by atoms with Gasteiger partial charge in [-0.2, -0.15) is 0 Å². The number of nitrogens with zero attached hydrogens (tertiary/aromatic N) is 3. The molecule has 0 radical (unpaired) electrons. The van der Waals surface area contributed by atoms with Crippen LogP contribution in [0.1, 0.15) is 21.5 Å². The van der Waals surface area contributed by atoms with Crippen molar-refractivity contribution in [3.05, 3.63) is 117 Å². The van der Waals surface area contributed by atoms with Gasteiger partial charge in [0.2, 0.25) is 0 Å². The summed E-state index contributed by atoms with van der Waals surface area (Å²) in [5.74, 6) is 0.247. The first kappa shape index (κ1) is 23.3. The predicted molar refractivity (Wildman–Crippen MR) is 138 cm³/mol. The molecule has 0 bridgehead atoms. The third-order valence-electron chi connectivity index (χ3n) is 5.96. The second kappa shape index (κ2) is 9.67. The van der Waals surface area contributed by atoms with Crippen molar-refractivity contribution in [2.24, 2.45) is 0 Å². The molecular weight excluding hydrogens is 478 g/mol. The summed E-state index contributed by atoms with van der Waals surface area (Å²) >= 11 is 6.40. The number of fused-ring (bicyclic) bond motifs is 2. The van der Waals surface area contributed by atoms with Gasteiger partial charge in [0.15, 0.2) is 0 Å². The highest BCUT2D eigenvalue weighted by Gasteiger charge is 2.18. The summed E-state index contributed by atoms with van der Waals surface area (Å²) in [5.41, 5.74) is 2.03. The summed E-state index contributed by atoms with van der Waals surface area (Å²) < 4.78 is 8.14. The number of carbonyl (C=O) groups excluding carboxylic acids is 1. The van der Waals surface area contributed by atoms with Gasteiger partial charge in [-0.25, -0.2) is 4.98 Å². The zero-order valence-electron chi connectivity index (χ0n) is 19.4. The zero-order chi connectivity index (χ0) is 25.2. The summed E-state index contributed by atoms with van der Waals surface area (Å²) in [4.78, 5) is 31.2. The Morgan fingerprint density at radius 1 is 1.08 bits per heavy atom. The second-order valence-corrected chi connectivity index (χ2v) is 8.61. The lowest BCUT2D eigenvalue weighted by atomic mass is 10.1. The van der Waals surface area contributed by atoms with Gasteiger partial charge in [0.25, 0.3) is 11.5 Å². The molecule has 2 N–H and O–H groups in total. The van der Waals surface area contributed by atoms with Crippen molar-refractivity contribution < 1.29 is 9.53 Å². The average Bonchev–Trinajstić information content (AvgIpc) is 2.90. The normalized spacial score (nSPS) is 11.1. The monoisotopic (exact) mass is 499 g/mol. The lowest BCUT2D eigenvalue weighted by Crippen LogP contribution is -2.35. The summed E-state index contributed by atoms with van der Waals surface area (Å²) in [7, 11) is 1.59. The van der Waals surface area contributed by atoms with E-state index in [4.69, 9.17) is 21.7 Å². The Morgan fingerprint density at radius 2 is 1.83 bits per heavy atom. The van der Waals surface area contributed by atoms with Gasteiger partial charge in [-0.1, -0.05) is 48.0 Å². The van der Waals surface area contributed by atoms with Crippen LogP contribution in [0.4, 0.5) is 0 Å². The molecule has 9 heteroatoms. The van der Waals surface area contributed by atoms with E-state index in [1.165, 1.54) is 10.5 Å². The molecule has 0 saturated carbocycles. The van der Waals surface area contributed by atoms with E-state index >= 15 is 0 Å². The second-order valence-electron chi connectivity index (χ2n) is 8.20. The van der Waals surface area contributed by atoms with E-state index in [2.05, 4.69) is 10.3 Å². The van der Waals surface area contributed by atoms with Gasteiger partial charge in [0.05, 0.1) is 24.6 Å². The van der Waals surface area contributed by atoms with Gasteiger partial charge >= 0.3 is 0 Å². The number of pyridine rings is 2. The number of nitrogens with one attached hydrogen (secondary N) is 2. The fourth-order valence-electron chi connectivity index (χ4n) is 4.03. The molecule has 0 saturated heterocycles. The maximum atomic E-state index is 13.4. The van der Waals surface area contributed by atoms with E-state index in [0.717, 1.165) is 11.1 Å². The highest BCUT2D eigenvalue weighted by molar-refractivity contribution is 6.31. The van der Waals surface area contributed by atoms with Gasteiger partial charge < -0.3 is 14.6 Å². The molecule has 0 aliphatic rings. The summed E-state index contributed by atoms with van der Waals surface area (Å²) in [5, 5.41) is 12.5. The number of aromatic nitrogens is 3. The average molecular weight is 500 g/mol. The van der Waals surface area contributed by atoms with E-state index in [9.17, 15) is 9.59 Å². The van der Waals surface area contributed by atoms with Crippen LogP contribution in [-0.4, -0.2) is 27.0 Å². The van der Waals surface area contributed by atoms with Crippen LogP contribution in [0.25, 0.3) is 16.7 Å². The molecule has 0 spiro atoms. The van der Waals surface area contributed by atoms with Crippen molar-refractivity contribution in [3.8, 4) is 5.75 Å². The number of hydrogen-bond acceptors (Lipinski definition) is 5. The predicted octanol–water partition coefficient (Wildman–Crippen LogP) is 3.77. The number of rotatable bonds is 6. The third kappa shape index (κ3) is 4.34. The molecule has 2 aromatic carbocycles. The number of benzene rings is 2. The molecule has 1 amide bonds. The molecule has 36 heavy (non-hydrogen) atoms. The minimum Gasteiger partial charge on any atom is -0.497 e. The molecule has 0 aliphatic heterocycles. The SMILES string of the molecule is COc1ccc(CNC(=O)c2cc3c(=O)n4ccccc4nc3n(Cc3ccccc3Cl)c2=N)cc1. The molecular formula is C27H22ClN5O3. The van der Waals surface area contributed by atoms with Crippen molar-refractivity contribution in [3.63, 3.8) is 0 Å². The Kier molecular flexibility index (Phi) is 6.26. The van der Waals surface area contributed by atoms with Crippen LogP contribution in [0.3, 0.4) is 0 Å². The molecule has 0 fully saturated rings. The van der Waals surface area contributed by atoms with E-state index < -0.39 is 5.91 Å². The summed E-state index contributed by atoms with van der Waals surface area (Å²) in [6.45, 7) is 0.420. The molecule has 5 aromatic rings. The van der Waals surface area contributed by atoms with Crippen molar-refractivity contribution in [2.75, 3.05) is 7.11 Å². The van der Waals surface area contributed by atoms with Crippen LogP contribution in [0, 0.1) is 5.41 Å². The number of halogens is 1. The fourth-order valence-corrected chi connectivity index (χ4v) is 4.23. The molecule has 0 aliphatic carbocycles. The smallest absolute Gasteiger partial charge is 0.267 e. The number of ether oxygens (including phenoxy) is 1. The first-order valence-corrected chi connectivity index (χ1v) is 11.6. The number of methoxy groups -OCH3 is 1. The lowest BCUT2D eigenvalue weighted by Gasteiger charge is -2.15. The number of hydrogen-bond donors (Lipinski definition) is 2. The van der Waals surface area contributed by atoms with Crippen LogP contribution >= 0.6 is 11.6 Å². The van der Waals surface area contributed by atoms with Gasteiger partial charge in [0.1, 0.15) is 22.5 Å². The largest absolute Gasteiger partial charge is 0.497 e. The quantitative estimate of drug-likeness (QED) is 0.347. The Balaban J connectivity index is 1.63. The molecule has 0 atom stereocenters. The lowest BCUT2D eigenvalue weighted by molar-refractivity contribution is 0.0948. The van der Waals surface area contributed by atoms with Gasteiger partial charge in [-0.15, -0.1) is 0 Å². The molecule has 3 heterocycles. The van der Waals surface area contributed by atoms with Crippen LogP contribution in [0.15, 0.2) is 83.8 Å². The number of amides is 1. The Hall–Kier alpha value is -4.43. The maximum absolute atomic E-state index is 13.4. The van der Waals surface area contributed by atoms with Crippen LogP contribution in [0.2, 0.25) is 5.02 Å². The maximum Gasteiger partial charge on any atom is 0.267 e. The molecule has 5 rings (SSSR count). The minimum absolute atomic E-state index is 0.0675. The van der Waals surface area contributed by atoms with Gasteiger partial charge in [-0.05, 0) is 47.5 Å². The summed E-state index contributed by atoms with van der Waals surface area (Å²) in [6, 6.07) is 21.3. The Labute approximate surface area is 210 Å². The van der Waals surface area contributed by atoms with Crippen molar-refractivity contribution in [1.29, 1.82) is 5.41 Å². The van der Waals surface area contributed by atoms with Crippen LogP contribution in [0.5, 0.6) is 5.75 Å². The molecule has 180 valence electrons. The van der Waals surface area contributed by atoms with Crippen LogP contribution in [-0.2, 0) is 13.1 Å². The van der Waals surface area contributed by atoms with Crippen LogP contribution < -0.4 is 21.1 Å². The van der Waals surface area contributed by atoms with Gasteiger partial charge in [0, 0.05) is 17.8 Å². The molecule has 8 nitrogen and oxygen atoms in total. The minimum atomic E-state index is -0.469. The van der Waals surface area contributed by atoms with Crippen molar-refractivity contribution in [1.82, 2.24) is 19.3 Å². The van der Waals surface area contributed by atoms with Crippen molar-refractivity contribution >= 4 is 34.2 Å². The van der Waals surface area contributed by atoms with Crippen molar-refractivity contribution in [2.45, 2.75) is 13.1 Å².